The van der Waals surface area contributed by atoms with E-state index in [1.54, 1.807) is 4.90 Å². The number of carbonyl (C=O) groups is 2. The minimum Gasteiger partial charge on any atom is -0.444 e. The van der Waals surface area contributed by atoms with Crippen molar-refractivity contribution in [2.24, 2.45) is 0 Å². The van der Waals surface area contributed by atoms with E-state index in [0.717, 1.165) is 24.1 Å². The third kappa shape index (κ3) is 3.51. The zero-order chi connectivity index (χ0) is 18.4. The lowest BCUT2D eigenvalue weighted by atomic mass is 9.82. The van der Waals surface area contributed by atoms with Crippen LogP contribution in [0.2, 0.25) is 0 Å². The first-order valence-corrected chi connectivity index (χ1v) is 9.02. The number of anilines is 1. The molecular formula is C20H28N2O3. The monoisotopic (exact) mass is 344 g/mol. The highest BCUT2D eigenvalue weighted by Crippen LogP contribution is 2.40. The van der Waals surface area contributed by atoms with Gasteiger partial charge in [0.05, 0.1) is 5.41 Å². The van der Waals surface area contributed by atoms with Gasteiger partial charge in [0.25, 0.3) is 0 Å². The number of nitrogens with one attached hydrogen (secondary N) is 1. The van der Waals surface area contributed by atoms with Gasteiger partial charge in [0, 0.05) is 18.8 Å². The van der Waals surface area contributed by atoms with Crippen molar-refractivity contribution in [1.29, 1.82) is 0 Å². The molecule has 2 aliphatic heterocycles. The second-order valence-corrected chi connectivity index (χ2v) is 8.63. The second-order valence-electron chi connectivity index (χ2n) is 8.63. The van der Waals surface area contributed by atoms with E-state index in [9.17, 15) is 9.59 Å². The summed E-state index contributed by atoms with van der Waals surface area (Å²) in [6, 6.07) is 6.28. The van der Waals surface area contributed by atoms with Gasteiger partial charge in [-0.25, -0.2) is 4.79 Å². The lowest BCUT2D eigenvalue weighted by molar-refractivity contribution is -0.119. The molecule has 2 aliphatic rings. The molecule has 0 spiro atoms. The predicted octanol–water partition coefficient (Wildman–Crippen LogP) is 4.03. The van der Waals surface area contributed by atoms with Crippen LogP contribution in [0.15, 0.2) is 18.2 Å². The van der Waals surface area contributed by atoms with Gasteiger partial charge >= 0.3 is 6.09 Å². The van der Waals surface area contributed by atoms with Crippen LogP contribution in [-0.4, -0.2) is 35.6 Å². The third-order valence-corrected chi connectivity index (χ3v) is 5.15. The number of hydrogen-bond donors (Lipinski definition) is 1. The maximum absolute atomic E-state index is 12.2. The van der Waals surface area contributed by atoms with Gasteiger partial charge in [-0.3, -0.25) is 4.79 Å². The molecule has 1 aromatic rings. The number of hydrogen-bond acceptors (Lipinski definition) is 3. The molecule has 1 fully saturated rings. The molecule has 136 valence electrons. The number of likely N-dealkylation sites (tertiary alicyclic amines) is 1. The first-order valence-electron chi connectivity index (χ1n) is 9.02. The molecule has 1 N–H and O–H groups in total. The Morgan fingerprint density at radius 3 is 2.48 bits per heavy atom. The Morgan fingerprint density at radius 2 is 1.88 bits per heavy atom. The summed E-state index contributed by atoms with van der Waals surface area (Å²) in [5.41, 5.74) is 2.31. The number of amides is 2. The zero-order valence-electron chi connectivity index (χ0n) is 15.8. The third-order valence-electron chi connectivity index (χ3n) is 5.15. The van der Waals surface area contributed by atoms with E-state index in [2.05, 4.69) is 17.4 Å². The van der Waals surface area contributed by atoms with Crippen molar-refractivity contribution in [3.8, 4) is 0 Å². The summed E-state index contributed by atoms with van der Waals surface area (Å²) >= 11 is 0. The Bertz CT molecular complexity index is 695. The molecule has 0 bridgehead atoms. The zero-order valence-corrected chi connectivity index (χ0v) is 15.8. The van der Waals surface area contributed by atoms with Crippen molar-refractivity contribution in [2.45, 2.75) is 64.4 Å². The van der Waals surface area contributed by atoms with E-state index < -0.39 is 11.0 Å². The van der Waals surface area contributed by atoms with E-state index >= 15 is 0 Å². The second kappa shape index (κ2) is 6.04. The summed E-state index contributed by atoms with van der Waals surface area (Å²) in [5, 5.41) is 2.95. The van der Waals surface area contributed by atoms with Crippen LogP contribution in [0.25, 0.3) is 0 Å². The quantitative estimate of drug-likeness (QED) is 0.837. The largest absolute Gasteiger partial charge is 0.444 e. The lowest BCUT2D eigenvalue weighted by Crippen LogP contribution is -2.41. The van der Waals surface area contributed by atoms with E-state index in [-0.39, 0.29) is 12.0 Å². The molecule has 0 unspecified atom stereocenters. The van der Waals surface area contributed by atoms with Crippen LogP contribution in [-0.2, 0) is 14.9 Å². The number of fused-ring (bicyclic) bond motifs is 1. The average Bonchev–Trinajstić information content (AvgIpc) is 2.75. The predicted molar refractivity (Wildman–Crippen MR) is 97.9 cm³/mol. The van der Waals surface area contributed by atoms with Gasteiger partial charge in [-0.15, -0.1) is 0 Å². The summed E-state index contributed by atoms with van der Waals surface area (Å²) < 4.78 is 5.46. The Morgan fingerprint density at radius 1 is 1.24 bits per heavy atom. The normalized spacial score (nSPS) is 20.2. The number of rotatable bonds is 1. The highest BCUT2D eigenvalue weighted by Gasteiger charge is 2.39. The summed E-state index contributed by atoms with van der Waals surface area (Å²) in [4.78, 5) is 26.1. The van der Waals surface area contributed by atoms with Crippen LogP contribution in [0.3, 0.4) is 0 Å². The fraction of sp³-hybridized carbons (Fsp3) is 0.600. The van der Waals surface area contributed by atoms with E-state index in [1.165, 1.54) is 5.56 Å². The minimum absolute atomic E-state index is 0.0550. The van der Waals surface area contributed by atoms with Crippen LogP contribution >= 0.6 is 0 Å². The van der Waals surface area contributed by atoms with Gasteiger partial charge in [0.15, 0.2) is 0 Å². The summed E-state index contributed by atoms with van der Waals surface area (Å²) in [6.07, 6.45) is 1.61. The number of ether oxygens (including phenoxy) is 1. The molecule has 0 radical (unpaired) electrons. The molecule has 3 rings (SSSR count). The standard InChI is InChI=1S/C20H28N2O3/c1-19(2,3)25-18(24)22-10-8-13(9-11-22)14-6-7-16-15(12-14)20(4,5)17(23)21-16/h6-7,12-13H,8-11H2,1-5H3,(H,21,23). The van der Waals surface area contributed by atoms with Crippen molar-refractivity contribution >= 4 is 17.7 Å². The average molecular weight is 344 g/mol. The Hall–Kier alpha value is -2.04. The van der Waals surface area contributed by atoms with Gasteiger partial charge in [-0.2, -0.15) is 0 Å². The van der Waals surface area contributed by atoms with E-state index in [4.69, 9.17) is 4.74 Å². The van der Waals surface area contributed by atoms with Gasteiger partial charge in [0.2, 0.25) is 5.91 Å². The van der Waals surface area contributed by atoms with Crippen molar-refractivity contribution in [3.63, 3.8) is 0 Å². The van der Waals surface area contributed by atoms with Crippen molar-refractivity contribution in [2.75, 3.05) is 18.4 Å². The number of carbonyl (C=O) groups excluding carboxylic acids is 2. The lowest BCUT2D eigenvalue weighted by Gasteiger charge is -2.34. The van der Waals surface area contributed by atoms with Gasteiger partial charge in [-0.05, 0) is 70.6 Å². The van der Waals surface area contributed by atoms with Crippen LogP contribution < -0.4 is 5.32 Å². The highest BCUT2D eigenvalue weighted by atomic mass is 16.6. The number of piperidine rings is 1. The molecular weight excluding hydrogens is 316 g/mol. The minimum atomic E-state index is -0.484. The molecule has 5 heteroatoms. The van der Waals surface area contributed by atoms with Crippen molar-refractivity contribution in [1.82, 2.24) is 4.90 Å². The molecule has 0 atom stereocenters. The molecule has 0 saturated carbocycles. The Labute approximate surface area is 149 Å². The fourth-order valence-electron chi connectivity index (χ4n) is 3.56. The molecule has 0 aromatic heterocycles. The fourth-order valence-corrected chi connectivity index (χ4v) is 3.56. The SMILES string of the molecule is CC(C)(C)OC(=O)N1CCC(c2ccc3c(c2)C(C)(C)C(=O)N3)CC1. The molecule has 0 aliphatic carbocycles. The highest BCUT2D eigenvalue weighted by molar-refractivity contribution is 6.05. The Balaban J connectivity index is 1.68. The smallest absolute Gasteiger partial charge is 0.410 e. The van der Waals surface area contributed by atoms with E-state index in [1.807, 2.05) is 40.7 Å². The maximum Gasteiger partial charge on any atom is 0.410 e. The first kappa shape index (κ1) is 17.8. The van der Waals surface area contributed by atoms with Crippen molar-refractivity contribution in [3.05, 3.63) is 29.3 Å². The summed E-state index contributed by atoms with van der Waals surface area (Å²) in [5.74, 6) is 0.467. The molecule has 2 amide bonds. The topological polar surface area (TPSA) is 58.6 Å². The van der Waals surface area contributed by atoms with Crippen LogP contribution in [0, 0.1) is 0 Å². The van der Waals surface area contributed by atoms with Gasteiger partial charge < -0.3 is 15.0 Å². The van der Waals surface area contributed by atoms with Crippen LogP contribution in [0.1, 0.15) is 64.5 Å². The molecule has 1 saturated heterocycles. The van der Waals surface area contributed by atoms with E-state index in [0.29, 0.717) is 19.0 Å². The Kier molecular flexibility index (Phi) is 4.30. The summed E-state index contributed by atoms with van der Waals surface area (Å²) in [6.45, 7) is 11.0. The maximum atomic E-state index is 12.2. The summed E-state index contributed by atoms with van der Waals surface area (Å²) in [7, 11) is 0. The molecule has 2 heterocycles. The molecule has 25 heavy (non-hydrogen) atoms. The van der Waals surface area contributed by atoms with Crippen LogP contribution in [0.5, 0.6) is 0 Å². The molecule has 5 nitrogen and oxygen atoms in total. The number of benzene rings is 1. The number of nitrogens with zero attached hydrogens (tertiary/aromatic N) is 1. The van der Waals surface area contributed by atoms with Gasteiger partial charge in [-0.1, -0.05) is 12.1 Å². The first-order chi connectivity index (χ1) is 11.6. The van der Waals surface area contributed by atoms with Gasteiger partial charge in [0.1, 0.15) is 5.60 Å². The van der Waals surface area contributed by atoms with Crippen molar-refractivity contribution < 1.29 is 14.3 Å². The molecule has 1 aromatic carbocycles. The van der Waals surface area contributed by atoms with Crippen LogP contribution in [0.4, 0.5) is 10.5 Å².